The normalized spacial score (nSPS) is 11.4. The van der Waals surface area contributed by atoms with Gasteiger partial charge in [0.1, 0.15) is 5.82 Å². The second-order valence-electron chi connectivity index (χ2n) is 4.03. The summed E-state index contributed by atoms with van der Waals surface area (Å²) in [6, 6.07) is 1.83. The van der Waals surface area contributed by atoms with Gasteiger partial charge in [-0.25, -0.2) is 4.98 Å². The summed E-state index contributed by atoms with van der Waals surface area (Å²) in [5.41, 5.74) is 6.06. The van der Waals surface area contributed by atoms with Crippen molar-refractivity contribution in [3.05, 3.63) is 34.6 Å². The third-order valence-corrected chi connectivity index (χ3v) is 2.78. The number of hydrogen-bond donors (Lipinski definition) is 1. The molecule has 92 valence electrons. The molecule has 3 aromatic rings. The first-order valence-electron chi connectivity index (χ1n) is 5.62. The van der Waals surface area contributed by atoms with Gasteiger partial charge in [-0.1, -0.05) is 0 Å². The Bertz CT molecular complexity index is 787. The van der Waals surface area contributed by atoms with Crippen molar-refractivity contribution in [2.24, 2.45) is 5.73 Å². The highest BCUT2D eigenvalue weighted by Gasteiger charge is 2.09. The lowest BCUT2D eigenvalue weighted by Crippen LogP contribution is -2.24. The van der Waals surface area contributed by atoms with E-state index >= 15 is 0 Å². The summed E-state index contributed by atoms with van der Waals surface area (Å²) in [4.78, 5) is 20.5. The molecule has 18 heavy (non-hydrogen) atoms. The maximum atomic E-state index is 12.2. The summed E-state index contributed by atoms with van der Waals surface area (Å²) in [5.74, 6) is 1.12. The lowest BCUT2D eigenvalue weighted by atomic mass is 10.3. The summed E-state index contributed by atoms with van der Waals surface area (Å²) in [7, 11) is 0. The second-order valence-corrected chi connectivity index (χ2v) is 4.03. The molecule has 0 spiro atoms. The van der Waals surface area contributed by atoms with Gasteiger partial charge >= 0.3 is 0 Å². The molecule has 0 aliphatic heterocycles. The van der Waals surface area contributed by atoms with Crippen molar-refractivity contribution in [1.29, 1.82) is 0 Å². The van der Waals surface area contributed by atoms with Crippen molar-refractivity contribution in [3.8, 4) is 0 Å². The Morgan fingerprint density at radius 1 is 1.44 bits per heavy atom. The molecule has 3 heterocycles. The van der Waals surface area contributed by atoms with Crippen LogP contribution in [0.25, 0.3) is 16.7 Å². The van der Waals surface area contributed by atoms with Crippen LogP contribution in [0.5, 0.6) is 0 Å². The topological polar surface area (TPSA) is 91.1 Å². The summed E-state index contributed by atoms with van der Waals surface area (Å²) in [5, 5.41) is 4.75. The minimum Gasteiger partial charge on any atom is -0.329 e. The van der Waals surface area contributed by atoms with Gasteiger partial charge in [-0.15, -0.1) is 5.10 Å². The van der Waals surface area contributed by atoms with Crippen molar-refractivity contribution in [2.45, 2.75) is 13.5 Å². The van der Waals surface area contributed by atoms with Gasteiger partial charge in [0.25, 0.3) is 11.3 Å². The fourth-order valence-electron chi connectivity index (χ4n) is 1.97. The van der Waals surface area contributed by atoms with Crippen molar-refractivity contribution in [2.75, 3.05) is 6.54 Å². The highest BCUT2D eigenvalue weighted by molar-refractivity contribution is 5.78. The lowest BCUT2D eigenvalue weighted by Gasteiger charge is -2.05. The second kappa shape index (κ2) is 3.88. The number of aryl methyl sites for hydroxylation is 1. The molecule has 0 atom stereocenters. The molecule has 0 radical (unpaired) electrons. The van der Waals surface area contributed by atoms with Gasteiger partial charge in [0.05, 0.1) is 10.9 Å². The molecule has 0 bridgehead atoms. The van der Waals surface area contributed by atoms with Crippen molar-refractivity contribution >= 4 is 16.7 Å². The van der Waals surface area contributed by atoms with Crippen LogP contribution in [0.3, 0.4) is 0 Å². The van der Waals surface area contributed by atoms with Crippen LogP contribution in [0.1, 0.15) is 5.82 Å². The fraction of sp³-hybridized carbons (Fsp3) is 0.273. The Morgan fingerprint density at radius 3 is 3.06 bits per heavy atom. The molecule has 3 rings (SSSR count). The summed E-state index contributed by atoms with van der Waals surface area (Å²) >= 11 is 0. The van der Waals surface area contributed by atoms with Crippen LogP contribution in [0.2, 0.25) is 0 Å². The Labute approximate surface area is 102 Å². The zero-order valence-corrected chi connectivity index (χ0v) is 9.87. The first kappa shape index (κ1) is 10.8. The minimum absolute atomic E-state index is 0.111. The van der Waals surface area contributed by atoms with Crippen LogP contribution in [-0.2, 0) is 6.54 Å². The van der Waals surface area contributed by atoms with Crippen molar-refractivity contribution in [1.82, 2.24) is 24.1 Å². The number of nitrogens with zero attached hydrogens (tertiary/aromatic N) is 5. The van der Waals surface area contributed by atoms with Gasteiger partial charge in [0.15, 0.2) is 0 Å². The van der Waals surface area contributed by atoms with E-state index in [0.29, 0.717) is 35.6 Å². The average molecular weight is 244 g/mol. The molecule has 7 heteroatoms. The summed E-state index contributed by atoms with van der Waals surface area (Å²) in [6.07, 6.45) is 3.25. The largest absolute Gasteiger partial charge is 0.329 e. The molecule has 0 unspecified atom stereocenters. The number of rotatable bonds is 2. The smallest absolute Gasteiger partial charge is 0.261 e. The van der Waals surface area contributed by atoms with E-state index in [9.17, 15) is 4.79 Å². The van der Waals surface area contributed by atoms with E-state index in [2.05, 4.69) is 15.1 Å². The van der Waals surface area contributed by atoms with Crippen molar-refractivity contribution in [3.63, 3.8) is 0 Å². The van der Waals surface area contributed by atoms with E-state index in [-0.39, 0.29) is 5.56 Å². The molecule has 2 N–H and O–H groups in total. The van der Waals surface area contributed by atoms with Gasteiger partial charge < -0.3 is 10.3 Å². The maximum Gasteiger partial charge on any atom is 0.261 e. The molecule has 0 saturated carbocycles. The standard InChI is InChI=1S/C11H12N6O/c1-7-14-11-13-6-8-9(17(11)15-7)2-4-16(5-3-12)10(8)18/h2,4,6H,3,5,12H2,1H3. The molecule has 7 nitrogen and oxygen atoms in total. The molecule has 3 aromatic heterocycles. The van der Waals surface area contributed by atoms with Gasteiger partial charge in [-0.3, -0.25) is 4.79 Å². The van der Waals surface area contributed by atoms with E-state index in [4.69, 9.17) is 5.73 Å². The first-order valence-corrected chi connectivity index (χ1v) is 5.62. The van der Waals surface area contributed by atoms with Gasteiger partial charge in [-0.05, 0) is 13.0 Å². The van der Waals surface area contributed by atoms with Gasteiger partial charge in [0.2, 0.25) is 0 Å². The third-order valence-electron chi connectivity index (χ3n) is 2.78. The van der Waals surface area contributed by atoms with Crippen LogP contribution in [-0.4, -0.2) is 30.7 Å². The number of hydrogen-bond acceptors (Lipinski definition) is 5. The van der Waals surface area contributed by atoms with Gasteiger partial charge in [0, 0.05) is 25.5 Å². The lowest BCUT2D eigenvalue weighted by molar-refractivity contribution is 0.685. The minimum atomic E-state index is -0.111. The quantitative estimate of drug-likeness (QED) is 0.668. The van der Waals surface area contributed by atoms with E-state index in [1.807, 2.05) is 6.07 Å². The van der Waals surface area contributed by atoms with Crippen LogP contribution in [0, 0.1) is 6.92 Å². The maximum absolute atomic E-state index is 12.2. The van der Waals surface area contributed by atoms with E-state index in [0.717, 1.165) is 0 Å². The van der Waals surface area contributed by atoms with Crippen LogP contribution in [0.15, 0.2) is 23.3 Å². The molecule has 0 aromatic carbocycles. The Kier molecular flexibility index (Phi) is 2.34. The zero-order valence-electron chi connectivity index (χ0n) is 9.87. The van der Waals surface area contributed by atoms with E-state index < -0.39 is 0 Å². The molecular weight excluding hydrogens is 232 g/mol. The van der Waals surface area contributed by atoms with E-state index in [1.165, 1.54) is 6.20 Å². The van der Waals surface area contributed by atoms with Gasteiger partial charge in [-0.2, -0.15) is 9.50 Å². The Hall–Kier alpha value is -2.28. The molecule has 0 saturated heterocycles. The molecule has 0 fully saturated rings. The third kappa shape index (κ3) is 1.48. The monoisotopic (exact) mass is 244 g/mol. The molecular formula is C11H12N6O. The highest BCUT2D eigenvalue weighted by Crippen LogP contribution is 2.09. The first-order chi connectivity index (χ1) is 8.70. The van der Waals surface area contributed by atoms with Crippen molar-refractivity contribution < 1.29 is 0 Å². The summed E-state index contributed by atoms with van der Waals surface area (Å²) in [6.45, 7) is 2.70. The highest BCUT2D eigenvalue weighted by atomic mass is 16.1. The van der Waals surface area contributed by atoms with E-state index in [1.54, 1.807) is 22.2 Å². The SMILES string of the molecule is Cc1nc2ncc3c(=O)n(CCN)ccc3n2n1. The molecule has 0 aliphatic carbocycles. The predicted octanol–water partition coefficient (Wildman–Crippen LogP) is -0.294. The molecule has 0 amide bonds. The predicted molar refractivity (Wildman–Crippen MR) is 66.3 cm³/mol. The Balaban J connectivity index is 2.40. The molecule has 0 aliphatic rings. The van der Waals surface area contributed by atoms with Crippen LogP contribution < -0.4 is 11.3 Å². The number of fused-ring (bicyclic) bond motifs is 3. The average Bonchev–Trinajstić information content (AvgIpc) is 2.73. The zero-order chi connectivity index (χ0) is 12.7. The number of aromatic nitrogens is 5. The number of pyridine rings is 1. The van der Waals surface area contributed by atoms with Crippen LogP contribution in [0.4, 0.5) is 0 Å². The van der Waals surface area contributed by atoms with Crippen LogP contribution >= 0.6 is 0 Å². The fourth-order valence-corrected chi connectivity index (χ4v) is 1.97. The Morgan fingerprint density at radius 2 is 2.28 bits per heavy atom. The number of nitrogens with two attached hydrogens (primary N) is 1. The summed E-state index contributed by atoms with van der Waals surface area (Å²) < 4.78 is 3.15.